The van der Waals surface area contributed by atoms with Gasteiger partial charge in [-0.2, -0.15) is 0 Å². The molecule has 0 atom stereocenters. The molecule has 2 aromatic carbocycles. The van der Waals surface area contributed by atoms with E-state index in [9.17, 15) is 0 Å². The maximum atomic E-state index is 5.88. The molecule has 0 amide bonds. The first-order valence-corrected chi connectivity index (χ1v) is 6.68. The summed E-state index contributed by atoms with van der Waals surface area (Å²) in [6.07, 6.45) is 4.06. The number of ether oxygens (including phenoxy) is 1. The Hall–Kier alpha value is -1.54. The Balaban J connectivity index is 2.15. The molecule has 0 saturated heterocycles. The highest BCUT2D eigenvalue weighted by atomic mass is 79.9. The zero-order chi connectivity index (χ0) is 12.8. The van der Waals surface area contributed by atoms with Gasteiger partial charge in [-0.1, -0.05) is 64.5 Å². The molecule has 18 heavy (non-hydrogen) atoms. The van der Waals surface area contributed by atoms with Gasteiger partial charge < -0.3 is 4.74 Å². The van der Waals surface area contributed by atoms with Gasteiger partial charge in [-0.25, -0.2) is 0 Å². The molecule has 0 aliphatic carbocycles. The predicted octanol–water partition coefficient (Wildman–Crippen LogP) is 5.06. The van der Waals surface area contributed by atoms with E-state index < -0.39 is 0 Å². The van der Waals surface area contributed by atoms with Gasteiger partial charge in [0, 0.05) is 10.0 Å². The third-order valence-corrected chi connectivity index (χ3v) is 3.05. The summed E-state index contributed by atoms with van der Waals surface area (Å²) in [5.74, 6) is 0.895. The second-order valence-electron chi connectivity index (χ2n) is 3.96. The summed E-state index contributed by atoms with van der Waals surface area (Å²) in [7, 11) is 0. The highest BCUT2D eigenvalue weighted by Gasteiger charge is 2.02. The lowest BCUT2D eigenvalue weighted by Crippen LogP contribution is -1.96. The van der Waals surface area contributed by atoms with E-state index in [1.807, 2.05) is 55.5 Å². The van der Waals surface area contributed by atoms with Crippen LogP contribution in [0.25, 0.3) is 6.08 Å². The lowest BCUT2D eigenvalue weighted by molar-refractivity contribution is 0.305. The van der Waals surface area contributed by atoms with Crippen LogP contribution in [0.2, 0.25) is 0 Å². The van der Waals surface area contributed by atoms with E-state index in [4.69, 9.17) is 4.74 Å². The van der Waals surface area contributed by atoms with Gasteiger partial charge in [0.05, 0.1) is 0 Å². The van der Waals surface area contributed by atoms with Crippen molar-refractivity contribution in [1.82, 2.24) is 0 Å². The van der Waals surface area contributed by atoms with Crippen molar-refractivity contribution >= 4 is 22.0 Å². The highest BCUT2D eigenvalue weighted by molar-refractivity contribution is 9.10. The van der Waals surface area contributed by atoms with Crippen LogP contribution in [0.5, 0.6) is 5.75 Å². The molecule has 0 saturated carbocycles. The van der Waals surface area contributed by atoms with Gasteiger partial charge in [-0.15, -0.1) is 0 Å². The molecule has 0 bridgehead atoms. The van der Waals surface area contributed by atoms with Gasteiger partial charge in [0.1, 0.15) is 12.4 Å². The van der Waals surface area contributed by atoms with Crippen LogP contribution in [0.1, 0.15) is 18.1 Å². The summed E-state index contributed by atoms with van der Waals surface area (Å²) in [5, 5.41) is 0. The maximum absolute atomic E-state index is 5.88. The maximum Gasteiger partial charge on any atom is 0.128 e. The molecule has 2 rings (SSSR count). The van der Waals surface area contributed by atoms with Crippen molar-refractivity contribution < 1.29 is 4.74 Å². The minimum atomic E-state index is 0.585. The molecule has 0 aliphatic heterocycles. The molecule has 0 aliphatic rings. The van der Waals surface area contributed by atoms with Crippen LogP contribution in [0.15, 0.2) is 59.1 Å². The van der Waals surface area contributed by atoms with Crippen LogP contribution in [0.3, 0.4) is 0 Å². The van der Waals surface area contributed by atoms with Gasteiger partial charge >= 0.3 is 0 Å². The van der Waals surface area contributed by atoms with Gasteiger partial charge in [0.2, 0.25) is 0 Å². The summed E-state index contributed by atoms with van der Waals surface area (Å²) < 4.78 is 6.90. The van der Waals surface area contributed by atoms with E-state index in [1.54, 1.807) is 0 Å². The molecule has 0 unspecified atom stereocenters. The Morgan fingerprint density at radius 2 is 1.89 bits per heavy atom. The topological polar surface area (TPSA) is 9.23 Å². The molecule has 2 aromatic rings. The SMILES string of the molecule is C/C=C\c1ccc(Br)cc1OCc1ccccc1. The summed E-state index contributed by atoms with van der Waals surface area (Å²) in [5.41, 5.74) is 2.26. The fourth-order valence-electron chi connectivity index (χ4n) is 1.69. The van der Waals surface area contributed by atoms with E-state index in [-0.39, 0.29) is 0 Å². The normalized spacial score (nSPS) is 10.8. The third kappa shape index (κ3) is 3.47. The van der Waals surface area contributed by atoms with Gasteiger partial charge in [-0.3, -0.25) is 0 Å². The van der Waals surface area contributed by atoms with Crippen LogP contribution >= 0.6 is 15.9 Å². The number of benzene rings is 2. The zero-order valence-corrected chi connectivity index (χ0v) is 11.9. The second kappa shape index (κ2) is 6.41. The predicted molar refractivity (Wildman–Crippen MR) is 79.6 cm³/mol. The molecule has 0 aromatic heterocycles. The van der Waals surface area contributed by atoms with Crippen molar-refractivity contribution in [3.63, 3.8) is 0 Å². The third-order valence-electron chi connectivity index (χ3n) is 2.56. The Kier molecular flexibility index (Phi) is 4.59. The second-order valence-corrected chi connectivity index (χ2v) is 4.87. The van der Waals surface area contributed by atoms with E-state index in [2.05, 4.69) is 28.1 Å². The lowest BCUT2D eigenvalue weighted by atomic mass is 10.2. The number of hydrogen-bond donors (Lipinski definition) is 0. The van der Waals surface area contributed by atoms with Crippen molar-refractivity contribution in [1.29, 1.82) is 0 Å². The molecular formula is C16H15BrO. The first-order valence-electron chi connectivity index (χ1n) is 5.88. The Bertz CT molecular complexity index is 532. The standard InChI is InChI=1S/C16H15BrO/c1-2-6-14-9-10-15(17)11-16(14)18-12-13-7-4-3-5-8-13/h2-11H,12H2,1H3/b6-2-. The van der Waals surface area contributed by atoms with Crippen LogP contribution in [0.4, 0.5) is 0 Å². The number of halogens is 1. The van der Waals surface area contributed by atoms with E-state index in [1.165, 1.54) is 5.56 Å². The van der Waals surface area contributed by atoms with E-state index >= 15 is 0 Å². The highest BCUT2D eigenvalue weighted by Crippen LogP contribution is 2.25. The Morgan fingerprint density at radius 1 is 1.11 bits per heavy atom. The first kappa shape index (κ1) is 12.9. The molecule has 0 radical (unpaired) electrons. The summed E-state index contributed by atoms with van der Waals surface area (Å²) >= 11 is 3.47. The molecule has 2 heteroatoms. The van der Waals surface area contributed by atoms with Gasteiger partial charge in [-0.05, 0) is 24.6 Å². The lowest BCUT2D eigenvalue weighted by Gasteiger charge is -2.10. The minimum Gasteiger partial charge on any atom is -0.488 e. The molecule has 92 valence electrons. The van der Waals surface area contributed by atoms with E-state index in [0.717, 1.165) is 15.8 Å². The van der Waals surface area contributed by atoms with Crippen LogP contribution in [0, 0.1) is 0 Å². The summed E-state index contributed by atoms with van der Waals surface area (Å²) in [4.78, 5) is 0. The van der Waals surface area contributed by atoms with Gasteiger partial charge in [0.15, 0.2) is 0 Å². The monoisotopic (exact) mass is 302 g/mol. The number of allylic oxidation sites excluding steroid dienone is 1. The largest absolute Gasteiger partial charge is 0.488 e. The first-order chi connectivity index (χ1) is 8.79. The van der Waals surface area contributed by atoms with Crippen molar-refractivity contribution in [2.45, 2.75) is 13.5 Å². The fourth-order valence-corrected chi connectivity index (χ4v) is 2.03. The fraction of sp³-hybridized carbons (Fsp3) is 0.125. The molecule has 0 fully saturated rings. The average molecular weight is 303 g/mol. The minimum absolute atomic E-state index is 0.585. The van der Waals surface area contributed by atoms with Gasteiger partial charge in [0.25, 0.3) is 0 Å². The molecule has 0 N–H and O–H groups in total. The Labute approximate surface area is 116 Å². The summed E-state index contributed by atoms with van der Waals surface area (Å²) in [6, 6.07) is 16.2. The van der Waals surface area contributed by atoms with Crippen molar-refractivity contribution in [3.8, 4) is 5.75 Å². The molecule has 1 nitrogen and oxygen atoms in total. The van der Waals surface area contributed by atoms with Crippen molar-refractivity contribution in [2.75, 3.05) is 0 Å². The number of rotatable bonds is 4. The Morgan fingerprint density at radius 3 is 2.61 bits per heavy atom. The molecule has 0 heterocycles. The zero-order valence-electron chi connectivity index (χ0n) is 10.3. The summed E-state index contributed by atoms with van der Waals surface area (Å²) in [6.45, 7) is 2.59. The average Bonchev–Trinajstić information content (AvgIpc) is 2.40. The van der Waals surface area contributed by atoms with Crippen molar-refractivity contribution in [2.24, 2.45) is 0 Å². The van der Waals surface area contributed by atoms with Crippen LogP contribution < -0.4 is 4.74 Å². The molecule has 0 spiro atoms. The smallest absolute Gasteiger partial charge is 0.128 e. The molecular weight excluding hydrogens is 288 g/mol. The van der Waals surface area contributed by atoms with Crippen LogP contribution in [-0.2, 0) is 6.61 Å². The van der Waals surface area contributed by atoms with E-state index in [0.29, 0.717) is 6.61 Å². The van der Waals surface area contributed by atoms with Crippen LogP contribution in [-0.4, -0.2) is 0 Å². The quantitative estimate of drug-likeness (QED) is 0.767. The number of hydrogen-bond acceptors (Lipinski definition) is 1. The van der Waals surface area contributed by atoms with Crippen molar-refractivity contribution in [3.05, 3.63) is 70.2 Å².